The largest absolute Gasteiger partial charge is 0.380 e. The van der Waals surface area contributed by atoms with Crippen molar-refractivity contribution in [2.45, 2.75) is 49.4 Å². The van der Waals surface area contributed by atoms with Gasteiger partial charge in [-0.3, -0.25) is 0 Å². The van der Waals surface area contributed by atoms with E-state index in [1.807, 2.05) is 117 Å². The molecule has 0 aromatic heterocycles. The summed E-state index contributed by atoms with van der Waals surface area (Å²) in [6.07, 6.45) is 0. The van der Waals surface area contributed by atoms with Crippen molar-refractivity contribution < 1.29 is 52.7 Å². The van der Waals surface area contributed by atoms with Gasteiger partial charge in [0.2, 0.25) is 0 Å². The molecule has 0 aliphatic heterocycles. The smallest absolute Gasteiger partial charge is 0.194 e. The summed E-state index contributed by atoms with van der Waals surface area (Å²) in [4.78, 5) is 0. The van der Waals surface area contributed by atoms with E-state index in [-0.39, 0.29) is 43.1 Å². The molecule has 0 atom stereocenters. The van der Waals surface area contributed by atoms with Crippen molar-refractivity contribution in [3.63, 3.8) is 0 Å². The van der Waals surface area contributed by atoms with Crippen LogP contribution in [0, 0.1) is 0 Å². The first-order valence-corrected chi connectivity index (χ1v) is 27.8. The molecule has 0 N–H and O–H groups in total. The van der Waals surface area contributed by atoms with Crippen molar-refractivity contribution in [3.8, 4) is 33.4 Å². The fourth-order valence-corrected chi connectivity index (χ4v) is 13.2. The highest BCUT2D eigenvalue weighted by atomic mass is 19.4. The zero-order valence-electron chi connectivity index (χ0n) is 45.5. The van der Waals surface area contributed by atoms with Gasteiger partial charge in [0.15, 0.2) is 0 Å². The number of alkyl halides is 12. The summed E-state index contributed by atoms with van der Waals surface area (Å²) in [6, 6.07) is 68.8. The van der Waals surface area contributed by atoms with Crippen molar-refractivity contribution in [3.05, 3.63) is 253 Å². The molecule has 424 valence electrons. The standard InChI is InChI=1S/C41H22F6.C31H16F6.C2H6/c42-39(43)37-33-15-6-5-14-31(33)36-22-26(17-19-34(36)38(37)40(44,45)41(39,46)47)24-9-7-8-23(20-24)25-16-18-32-29-12-2-1-10-27(29)28-11-3-4-13-30(28)35(32)21-25;32-29(33)27-24-8-4-3-7-23(24)26-16-19(12-14-25(26)28(27)30(34,35)31(29,36)37)18-11-13-22-20(15-18)10-9-17-5-1-2-6-21(17)22;1-2/h1-22H;1-16H;1-2H3. The summed E-state index contributed by atoms with van der Waals surface area (Å²) < 4.78 is 178. The lowest BCUT2D eigenvalue weighted by atomic mass is 9.89. The molecule has 0 spiro atoms. The van der Waals surface area contributed by atoms with Crippen LogP contribution in [-0.2, 0) is 23.7 Å². The van der Waals surface area contributed by atoms with E-state index in [2.05, 4.69) is 42.5 Å². The minimum absolute atomic E-state index is 0.208. The summed E-state index contributed by atoms with van der Waals surface area (Å²) in [5.74, 6) is -31.2. The Hall–Kier alpha value is -9.42. The first kappa shape index (κ1) is 54.5. The van der Waals surface area contributed by atoms with E-state index in [0.717, 1.165) is 70.7 Å². The lowest BCUT2D eigenvalue weighted by molar-refractivity contribution is -0.302. The first-order valence-electron chi connectivity index (χ1n) is 27.8. The molecule has 16 rings (SSSR count). The predicted octanol–water partition coefficient (Wildman–Crippen LogP) is 23.4. The zero-order valence-corrected chi connectivity index (χ0v) is 45.5. The van der Waals surface area contributed by atoms with Crippen molar-refractivity contribution in [1.29, 1.82) is 0 Å². The Kier molecular flexibility index (Phi) is 12.1. The Labute approximate surface area is 483 Å². The number of benzene rings is 14. The van der Waals surface area contributed by atoms with Crippen LogP contribution in [0.4, 0.5) is 52.7 Å². The third-order valence-corrected chi connectivity index (χ3v) is 17.2. The number of halogens is 12. The van der Waals surface area contributed by atoms with Crippen molar-refractivity contribution in [1.82, 2.24) is 0 Å². The zero-order chi connectivity index (χ0) is 60.0. The summed E-state index contributed by atoms with van der Waals surface area (Å²) in [7, 11) is 0. The van der Waals surface area contributed by atoms with Crippen molar-refractivity contribution >= 4 is 97.0 Å². The van der Waals surface area contributed by atoms with Gasteiger partial charge in [0, 0.05) is 22.3 Å². The van der Waals surface area contributed by atoms with Gasteiger partial charge in [-0.2, -0.15) is 52.7 Å². The van der Waals surface area contributed by atoms with Gasteiger partial charge in [0.25, 0.3) is 0 Å². The number of hydrogen-bond acceptors (Lipinski definition) is 0. The maximum Gasteiger partial charge on any atom is 0.380 e. The minimum Gasteiger partial charge on any atom is -0.194 e. The fourth-order valence-electron chi connectivity index (χ4n) is 13.2. The van der Waals surface area contributed by atoms with E-state index in [4.69, 9.17) is 0 Å². The van der Waals surface area contributed by atoms with Gasteiger partial charge < -0.3 is 0 Å². The van der Waals surface area contributed by atoms with Crippen molar-refractivity contribution in [2.75, 3.05) is 0 Å². The summed E-state index contributed by atoms with van der Waals surface area (Å²) in [5, 5.41) is 10.8. The van der Waals surface area contributed by atoms with Crippen LogP contribution in [0.3, 0.4) is 0 Å². The highest BCUT2D eigenvalue weighted by Crippen LogP contribution is 2.67. The molecule has 14 aromatic rings. The second-order valence-electron chi connectivity index (χ2n) is 21.7. The molecule has 14 aromatic carbocycles. The maximum atomic E-state index is 15.2. The monoisotopic (exact) mass is 1160 g/mol. The van der Waals surface area contributed by atoms with Gasteiger partial charge >= 0.3 is 35.5 Å². The van der Waals surface area contributed by atoms with E-state index >= 15 is 17.6 Å². The van der Waals surface area contributed by atoms with Crippen LogP contribution >= 0.6 is 0 Å². The summed E-state index contributed by atoms with van der Waals surface area (Å²) >= 11 is 0. The molecule has 86 heavy (non-hydrogen) atoms. The molecular formula is C74H44F12. The maximum absolute atomic E-state index is 15.2. The number of hydrogen-bond donors (Lipinski definition) is 0. The third-order valence-electron chi connectivity index (χ3n) is 17.2. The van der Waals surface area contributed by atoms with Crippen LogP contribution in [0.2, 0.25) is 0 Å². The highest BCUT2D eigenvalue weighted by molar-refractivity contribution is 6.26. The normalized spacial score (nSPS) is 16.6. The first-order chi connectivity index (χ1) is 41.2. The van der Waals surface area contributed by atoms with Crippen LogP contribution < -0.4 is 0 Å². The van der Waals surface area contributed by atoms with E-state index in [0.29, 0.717) is 11.1 Å². The average Bonchev–Trinajstić information content (AvgIpc) is 1.54. The van der Waals surface area contributed by atoms with E-state index < -0.39 is 57.8 Å². The van der Waals surface area contributed by atoms with Crippen LogP contribution in [0.25, 0.3) is 130 Å². The molecule has 0 nitrogen and oxygen atoms in total. The molecule has 0 heterocycles. The molecular weight excluding hydrogens is 1120 g/mol. The van der Waals surface area contributed by atoms with Crippen LogP contribution in [0.5, 0.6) is 0 Å². The molecule has 0 radical (unpaired) electrons. The lowest BCUT2D eigenvalue weighted by Crippen LogP contribution is -2.43. The Bertz CT molecular complexity index is 5140. The van der Waals surface area contributed by atoms with Gasteiger partial charge in [0.1, 0.15) is 0 Å². The van der Waals surface area contributed by atoms with Crippen LogP contribution in [-0.4, -0.2) is 11.8 Å². The third kappa shape index (κ3) is 7.46. The van der Waals surface area contributed by atoms with Gasteiger partial charge in [0.05, 0.1) is 0 Å². The summed E-state index contributed by atoms with van der Waals surface area (Å²) in [6.45, 7) is 4.00. The number of rotatable bonds is 3. The SMILES string of the molecule is CC.FC1(F)c2c(c3ccc(-c4ccc5c(ccc6ccccc65)c4)cc3c3ccccc23)C(F)(F)C1(F)F.FC1(F)c2c(c3ccc(-c4cccc(-c5ccc6c7ccccc7c7ccccc7c6c5)c4)cc3c3ccccc23)C(F)(F)C1(F)F. The second kappa shape index (κ2) is 19.0. The van der Waals surface area contributed by atoms with Crippen LogP contribution in [0.1, 0.15) is 36.1 Å². The molecule has 12 heteroatoms. The quantitative estimate of drug-likeness (QED) is 0.122. The van der Waals surface area contributed by atoms with Gasteiger partial charge in [-0.05, 0) is 161 Å². The Morgan fingerprint density at radius 1 is 0.186 bits per heavy atom. The molecule has 2 aliphatic carbocycles. The van der Waals surface area contributed by atoms with Gasteiger partial charge in [-0.15, -0.1) is 0 Å². The molecule has 0 saturated heterocycles. The fraction of sp³-hybridized carbons (Fsp3) is 0.108. The molecule has 0 amide bonds. The summed E-state index contributed by atoms with van der Waals surface area (Å²) in [5.41, 5.74) is -0.451. The number of fused-ring (bicyclic) bond motifs is 21. The average molecular weight is 1160 g/mol. The highest BCUT2D eigenvalue weighted by Gasteiger charge is 2.81. The Morgan fingerprint density at radius 3 is 0.837 bits per heavy atom. The molecule has 0 saturated carbocycles. The van der Waals surface area contributed by atoms with Crippen molar-refractivity contribution in [2.24, 2.45) is 0 Å². The lowest BCUT2D eigenvalue weighted by Gasteiger charge is -2.23. The molecule has 0 fully saturated rings. The second-order valence-corrected chi connectivity index (χ2v) is 21.7. The van der Waals surface area contributed by atoms with Gasteiger partial charge in [-0.25, -0.2) is 0 Å². The van der Waals surface area contributed by atoms with Gasteiger partial charge in [-0.1, -0.05) is 214 Å². The van der Waals surface area contributed by atoms with E-state index in [1.165, 1.54) is 66.0 Å². The molecule has 0 unspecified atom stereocenters. The Morgan fingerprint density at radius 2 is 0.430 bits per heavy atom. The van der Waals surface area contributed by atoms with Crippen LogP contribution in [0.15, 0.2) is 231 Å². The predicted molar refractivity (Wildman–Crippen MR) is 324 cm³/mol. The topological polar surface area (TPSA) is 0 Å². The minimum atomic E-state index is -5.57. The molecule has 0 bridgehead atoms. The van der Waals surface area contributed by atoms with E-state index in [1.54, 1.807) is 24.3 Å². The Balaban J connectivity index is 0.000000152. The molecule has 2 aliphatic rings. The van der Waals surface area contributed by atoms with E-state index in [9.17, 15) is 35.1 Å².